The Morgan fingerprint density at radius 1 is 1.17 bits per heavy atom. The van der Waals surface area contributed by atoms with Gasteiger partial charge in [-0.2, -0.15) is 0 Å². The van der Waals surface area contributed by atoms with E-state index in [2.05, 4.69) is 29.5 Å². The molecule has 0 aromatic heterocycles. The lowest BCUT2D eigenvalue weighted by atomic mass is 9.91. The van der Waals surface area contributed by atoms with E-state index in [4.69, 9.17) is 25.8 Å². The van der Waals surface area contributed by atoms with Gasteiger partial charge in [-0.1, -0.05) is 56.5 Å². The van der Waals surface area contributed by atoms with Gasteiger partial charge in [0.2, 0.25) is 5.91 Å². The minimum atomic E-state index is -1.83. The van der Waals surface area contributed by atoms with Gasteiger partial charge in [0.05, 0.1) is 43.0 Å². The van der Waals surface area contributed by atoms with Crippen molar-refractivity contribution >= 4 is 40.1 Å². The van der Waals surface area contributed by atoms with Crippen LogP contribution >= 0.6 is 11.6 Å². The Kier molecular flexibility index (Phi) is 12.2. The highest BCUT2D eigenvalue weighted by Gasteiger charge is 2.33. The second kappa shape index (κ2) is 16.1. The number of likely N-dealkylation sites (tertiary alicyclic amines) is 1. The van der Waals surface area contributed by atoms with E-state index < -0.39 is 34.8 Å². The zero-order chi connectivity index (χ0) is 34.4. The van der Waals surface area contributed by atoms with Crippen molar-refractivity contribution in [3.8, 4) is 5.75 Å². The predicted octanol–water partition coefficient (Wildman–Crippen LogP) is 5.76. The van der Waals surface area contributed by atoms with E-state index in [1.54, 1.807) is 26.0 Å². The third-order valence-electron chi connectivity index (χ3n) is 9.38. The second-order valence-corrected chi connectivity index (χ2v) is 14.9. The molecular weight excluding hydrogens is 657 g/mol. The summed E-state index contributed by atoms with van der Waals surface area (Å²) in [5.41, 5.74) is 1.92. The van der Waals surface area contributed by atoms with E-state index in [0.29, 0.717) is 35.4 Å². The summed E-state index contributed by atoms with van der Waals surface area (Å²) < 4.78 is 48.0. The molecule has 5 rings (SSSR count). The van der Waals surface area contributed by atoms with Crippen molar-refractivity contribution < 1.29 is 32.4 Å². The van der Waals surface area contributed by atoms with Crippen molar-refractivity contribution in [1.29, 1.82) is 0 Å². The molecule has 2 bridgehead atoms. The molecule has 1 fully saturated rings. The molecule has 0 aliphatic carbocycles. The number of halogens is 2. The lowest BCUT2D eigenvalue weighted by Crippen LogP contribution is -2.53. The fourth-order valence-electron chi connectivity index (χ4n) is 6.38. The van der Waals surface area contributed by atoms with Crippen LogP contribution in [0.1, 0.15) is 64.0 Å². The van der Waals surface area contributed by atoms with Gasteiger partial charge in [0.25, 0.3) is 5.91 Å². The Morgan fingerprint density at radius 2 is 1.96 bits per heavy atom. The number of alkyl halides is 1. The van der Waals surface area contributed by atoms with Gasteiger partial charge in [-0.15, -0.1) is 0 Å². The third kappa shape index (κ3) is 8.77. The highest BCUT2D eigenvalue weighted by atomic mass is 35.5. The molecule has 3 heterocycles. The van der Waals surface area contributed by atoms with Crippen LogP contribution in [0.2, 0.25) is 5.02 Å². The maximum atomic E-state index is 13.4. The lowest BCUT2D eigenvalue weighted by molar-refractivity contribution is -0.145. The minimum Gasteiger partial charge on any atom is -0.491 e. The van der Waals surface area contributed by atoms with Crippen LogP contribution in [0.5, 0.6) is 5.75 Å². The number of nitrogens with one attached hydrogen (secondary N) is 1. The van der Waals surface area contributed by atoms with Crippen LogP contribution in [0.25, 0.3) is 0 Å². The first kappa shape index (κ1) is 36.3. The summed E-state index contributed by atoms with van der Waals surface area (Å²) in [6.07, 6.45) is 5.66. The zero-order valence-corrected chi connectivity index (χ0v) is 29.8. The number of ether oxygens (including phenoxy) is 3. The number of fused-ring (bicyclic) bond motifs is 1. The van der Waals surface area contributed by atoms with Gasteiger partial charge in [0, 0.05) is 24.0 Å². The Hall–Kier alpha value is -2.99. The van der Waals surface area contributed by atoms with Crippen molar-refractivity contribution in [2.75, 3.05) is 50.9 Å². The van der Waals surface area contributed by atoms with Gasteiger partial charge in [0.1, 0.15) is 24.1 Å². The molecule has 2 aromatic rings. The number of rotatable bonds is 7. The first-order valence-corrected chi connectivity index (χ1v) is 18.4. The average Bonchev–Trinajstić information content (AvgIpc) is 3.22. The molecule has 3 aliphatic heterocycles. The number of benzene rings is 2. The quantitative estimate of drug-likeness (QED) is 0.367. The van der Waals surface area contributed by atoms with Crippen LogP contribution in [0.3, 0.4) is 0 Å². The van der Waals surface area contributed by atoms with Gasteiger partial charge < -0.3 is 24.0 Å². The van der Waals surface area contributed by atoms with E-state index in [-0.39, 0.29) is 44.0 Å². The zero-order valence-electron chi connectivity index (χ0n) is 28.2. The van der Waals surface area contributed by atoms with Crippen molar-refractivity contribution in [2.24, 2.45) is 5.92 Å². The molecule has 262 valence electrons. The first-order valence-electron chi connectivity index (χ1n) is 16.9. The highest BCUT2D eigenvalue weighted by molar-refractivity contribution is 7.83. The summed E-state index contributed by atoms with van der Waals surface area (Å²) in [5.74, 6) is -0.0122. The molecule has 1 saturated heterocycles. The molecule has 4 unspecified atom stereocenters. The monoisotopic (exact) mass is 703 g/mol. The van der Waals surface area contributed by atoms with E-state index in [1.165, 1.54) is 16.0 Å². The standard InChI is InChI=1S/C36H47ClFN3O6S/c1-5-8-25-17-27(37)10-12-30(25)26-19-40-15-14-24(6-2)32(46-23-34(42)41-20-28(38)21-41)9-7-16-47-36(3,4)35(43)39-48(44)29-11-13-33(45-22-26)31(40)18-29/h7,9-13,17-18,24,26,28,32H,5-6,8,14-16,19-23H2,1-4H3,(H,39,43)/b9-7+. The van der Waals surface area contributed by atoms with Crippen molar-refractivity contribution in [3.63, 3.8) is 0 Å². The summed E-state index contributed by atoms with van der Waals surface area (Å²) in [6, 6.07) is 11.4. The summed E-state index contributed by atoms with van der Waals surface area (Å²) in [6.45, 7) is 9.38. The summed E-state index contributed by atoms with van der Waals surface area (Å²) in [4.78, 5) is 30.1. The van der Waals surface area contributed by atoms with Crippen molar-refractivity contribution in [2.45, 2.75) is 82.1 Å². The Bertz CT molecular complexity index is 1520. The Balaban J connectivity index is 1.48. The van der Waals surface area contributed by atoms with Crippen LogP contribution in [0.4, 0.5) is 10.1 Å². The summed E-state index contributed by atoms with van der Waals surface area (Å²) in [7, 11) is -1.83. The molecule has 48 heavy (non-hydrogen) atoms. The van der Waals surface area contributed by atoms with Gasteiger partial charge >= 0.3 is 0 Å². The molecule has 9 nitrogen and oxygen atoms in total. The molecule has 4 atom stereocenters. The first-order chi connectivity index (χ1) is 23.0. The normalized spacial score (nSPS) is 25.8. The van der Waals surface area contributed by atoms with E-state index in [1.807, 2.05) is 30.3 Å². The number of carbonyl (C=O) groups is 2. The number of amides is 2. The third-order valence-corrected chi connectivity index (χ3v) is 10.7. The number of nitrogens with zero attached hydrogens (tertiary/aromatic N) is 2. The molecular formula is C36H47ClFN3O6S. The van der Waals surface area contributed by atoms with E-state index >= 15 is 0 Å². The maximum absolute atomic E-state index is 13.4. The van der Waals surface area contributed by atoms with Crippen molar-refractivity contribution in [1.82, 2.24) is 9.62 Å². The molecule has 2 amide bonds. The van der Waals surface area contributed by atoms with Crippen molar-refractivity contribution in [3.05, 3.63) is 64.7 Å². The number of anilines is 1. The van der Waals surface area contributed by atoms with Crippen LogP contribution in [0.15, 0.2) is 53.4 Å². The minimum absolute atomic E-state index is 0.0261. The van der Waals surface area contributed by atoms with E-state index in [9.17, 15) is 18.2 Å². The van der Waals surface area contributed by atoms with Gasteiger partial charge in [0.15, 0.2) is 11.0 Å². The lowest BCUT2D eigenvalue weighted by Gasteiger charge is -2.35. The van der Waals surface area contributed by atoms with Crippen LogP contribution in [-0.4, -0.2) is 84.8 Å². The fraction of sp³-hybridized carbons (Fsp3) is 0.556. The second-order valence-electron chi connectivity index (χ2n) is 13.3. The fourth-order valence-corrected chi connectivity index (χ4v) is 7.52. The molecule has 1 N–H and O–H groups in total. The van der Waals surface area contributed by atoms with Crippen LogP contribution in [-0.2, 0) is 36.5 Å². The van der Waals surface area contributed by atoms with E-state index in [0.717, 1.165) is 31.4 Å². The molecule has 0 radical (unpaired) electrons. The predicted molar refractivity (Wildman–Crippen MR) is 186 cm³/mol. The number of carbonyl (C=O) groups excluding carboxylic acids is 2. The smallest absolute Gasteiger partial charge is 0.263 e. The highest BCUT2D eigenvalue weighted by Crippen LogP contribution is 2.38. The summed E-state index contributed by atoms with van der Waals surface area (Å²) in [5, 5.41) is 0.703. The van der Waals surface area contributed by atoms with Gasteiger partial charge in [-0.25, -0.2) is 8.60 Å². The Morgan fingerprint density at radius 3 is 2.69 bits per heavy atom. The van der Waals surface area contributed by atoms with Gasteiger partial charge in [-0.05, 0) is 74.1 Å². The van der Waals surface area contributed by atoms with Crippen LogP contribution < -0.4 is 14.4 Å². The molecule has 3 aliphatic rings. The Labute approximate surface area is 290 Å². The molecule has 12 heteroatoms. The number of hydrogen-bond donors (Lipinski definition) is 1. The summed E-state index contributed by atoms with van der Waals surface area (Å²) >= 11 is 6.41. The largest absolute Gasteiger partial charge is 0.491 e. The molecule has 0 spiro atoms. The van der Waals surface area contributed by atoms with Crippen LogP contribution in [0, 0.1) is 5.92 Å². The number of hydrogen-bond acceptors (Lipinski definition) is 7. The number of aryl methyl sites for hydroxylation is 1. The SMILES string of the molecule is CCCc1cc(Cl)ccc1C1COc2ccc3cc2N(CCC(CC)C(OCC(=O)N2CC(F)C2)/C=C/COC(C)(C)C(=O)NS3=O)C1. The molecule has 0 saturated carbocycles. The maximum Gasteiger partial charge on any atom is 0.263 e. The van der Waals surface area contributed by atoms with Gasteiger partial charge in [-0.3, -0.25) is 14.3 Å². The average molecular weight is 704 g/mol. The molecule has 2 aromatic carbocycles. The topological polar surface area (TPSA) is 97.4 Å².